The van der Waals surface area contributed by atoms with Gasteiger partial charge in [0.15, 0.2) is 0 Å². The van der Waals surface area contributed by atoms with Crippen LogP contribution in [0.3, 0.4) is 0 Å². The van der Waals surface area contributed by atoms with Crippen molar-refractivity contribution in [1.82, 2.24) is 0 Å². The van der Waals surface area contributed by atoms with Crippen LogP contribution in [-0.4, -0.2) is 5.78 Å². The Hall–Kier alpha value is -0.330. The second kappa shape index (κ2) is 9.67. The molecule has 1 atom stereocenters. The Morgan fingerprint density at radius 2 is 1.53 bits per heavy atom. The maximum Gasteiger partial charge on any atom is 0.138 e. The highest BCUT2D eigenvalue weighted by atomic mass is 16.1. The Morgan fingerprint density at radius 3 is 1.88 bits per heavy atom. The van der Waals surface area contributed by atoms with Crippen LogP contribution < -0.4 is 0 Å². The van der Waals surface area contributed by atoms with E-state index >= 15 is 0 Å². The van der Waals surface area contributed by atoms with Crippen LogP contribution in [-0.2, 0) is 4.79 Å². The zero-order valence-corrected chi connectivity index (χ0v) is 12.6. The summed E-state index contributed by atoms with van der Waals surface area (Å²) >= 11 is 0. The van der Waals surface area contributed by atoms with Crippen LogP contribution in [0.2, 0.25) is 0 Å². The Morgan fingerprint density at radius 1 is 1.06 bits per heavy atom. The van der Waals surface area contributed by atoms with Crippen LogP contribution in [0.1, 0.15) is 79.6 Å². The molecule has 1 aliphatic carbocycles. The number of carbonyl (C=O) groups excluding carboxylic acids is 1. The highest BCUT2D eigenvalue weighted by Gasteiger charge is 2.27. The van der Waals surface area contributed by atoms with Crippen LogP contribution >= 0.6 is 0 Å². The number of ketones is 1. The summed E-state index contributed by atoms with van der Waals surface area (Å²) in [6.45, 7) is 10.7. The molecule has 1 heteroatoms. The average Bonchev–Trinajstić information content (AvgIpc) is 2.38. The van der Waals surface area contributed by atoms with Crippen molar-refractivity contribution in [3.63, 3.8) is 0 Å². The van der Waals surface area contributed by atoms with Crippen LogP contribution in [0.25, 0.3) is 0 Å². The first-order valence-electron chi connectivity index (χ1n) is 7.64. The van der Waals surface area contributed by atoms with Gasteiger partial charge < -0.3 is 0 Å². The minimum absolute atomic E-state index is 0.290. The molecule has 0 aromatic heterocycles. The van der Waals surface area contributed by atoms with E-state index in [0.717, 1.165) is 25.2 Å². The first kappa shape index (κ1) is 16.7. The van der Waals surface area contributed by atoms with E-state index in [1.54, 1.807) is 0 Å². The van der Waals surface area contributed by atoms with Gasteiger partial charge in [0.2, 0.25) is 0 Å². The van der Waals surface area contributed by atoms with Gasteiger partial charge in [-0.15, -0.1) is 0 Å². The van der Waals surface area contributed by atoms with Gasteiger partial charge in [-0.2, -0.15) is 0 Å². The summed E-state index contributed by atoms with van der Waals surface area (Å²) in [5.74, 6) is 2.11. The number of Topliss-reactive ketones (excluding diaryl/α,β-unsaturated/α-hetero) is 1. The standard InChI is InChI=1S/C13H24O.C3H8/c1-4-10(3)13(14)12-8-6-11(5-2)7-9-12;1-3-2/h10-12H,4-9H2,1-3H3;3H2,1-2H3. The third kappa shape index (κ3) is 6.24. The topological polar surface area (TPSA) is 17.1 Å². The number of rotatable bonds is 4. The zero-order chi connectivity index (χ0) is 13.3. The van der Waals surface area contributed by atoms with Gasteiger partial charge in [-0.25, -0.2) is 0 Å². The third-order valence-corrected chi connectivity index (χ3v) is 3.92. The monoisotopic (exact) mass is 240 g/mol. The van der Waals surface area contributed by atoms with Gasteiger partial charge in [-0.1, -0.05) is 47.5 Å². The van der Waals surface area contributed by atoms with Gasteiger partial charge in [-0.3, -0.25) is 4.79 Å². The molecule has 0 aromatic carbocycles. The fourth-order valence-corrected chi connectivity index (χ4v) is 2.46. The molecule has 0 radical (unpaired) electrons. The number of hydrogen-bond donors (Lipinski definition) is 0. The second-order valence-electron chi connectivity index (χ2n) is 5.54. The van der Waals surface area contributed by atoms with Crippen molar-refractivity contribution < 1.29 is 4.79 Å². The maximum atomic E-state index is 11.9. The zero-order valence-electron chi connectivity index (χ0n) is 12.6. The van der Waals surface area contributed by atoms with Gasteiger partial charge in [0.05, 0.1) is 0 Å². The molecule has 1 rings (SSSR count). The summed E-state index contributed by atoms with van der Waals surface area (Å²) in [6.07, 6.45) is 8.42. The number of hydrogen-bond acceptors (Lipinski definition) is 1. The molecule has 1 saturated carbocycles. The fraction of sp³-hybridized carbons (Fsp3) is 0.938. The van der Waals surface area contributed by atoms with Crippen LogP contribution in [0, 0.1) is 17.8 Å². The van der Waals surface area contributed by atoms with E-state index in [2.05, 4.69) is 34.6 Å². The average molecular weight is 240 g/mol. The lowest BCUT2D eigenvalue weighted by molar-refractivity contribution is -0.127. The molecule has 0 aromatic rings. The highest BCUT2D eigenvalue weighted by Crippen LogP contribution is 2.32. The van der Waals surface area contributed by atoms with Crippen molar-refractivity contribution in [2.24, 2.45) is 17.8 Å². The first-order valence-corrected chi connectivity index (χ1v) is 7.64. The Labute approximate surface area is 108 Å². The lowest BCUT2D eigenvalue weighted by atomic mass is 9.76. The summed E-state index contributed by atoms with van der Waals surface area (Å²) in [5, 5.41) is 0. The molecular weight excluding hydrogens is 208 g/mol. The third-order valence-electron chi connectivity index (χ3n) is 3.92. The van der Waals surface area contributed by atoms with Crippen LogP contribution in [0.15, 0.2) is 0 Å². The lowest BCUT2D eigenvalue weighted by Crippen LogP contribution is -2.25. The first-order chi connectivity index (χ1) is 8.10. The van der Waals surface area contributed by atoms with E-state index < -0.39 is 0 Å². The summed E-state index contributed by atoms with van der Waals surface area (Å²) in [7, 11) is 0. The van der Waals surface area contributed by atoms with E-state index in [0.29, 0.717) is 11.7 Å². The van der Waals surface area contributed by atoms with Crippen molar-refractivity contribution in [3.05, 3.63) is 0 Å². The molecule has 1 unspecified atom stereocenters. The van der Waals surface area contributed by atoms with Crippen molar-refractivity contribution in [2.75, 3.05) is 0 Å². The summed E-state index contributed by atoms with van der Waals surface area (Å²) in [5.41, 5.74) is 0. The Kier molecular flexibility index (Phi) is 9.49. The highest BCUT2D eigenvalue weighted by molar-refractivity contribution is 5.83. The van der Waals surface area contributed by atoms with Gasteiger partial charge in [-0.05, 0) is 38.0 Å². The normalized spacial score (nSPS) is 25.7. The van der Waals surface area contributed by atoms with E-state index in [9.17, 15) is 4.79 Å². The molecule has 17 heavy (non-hydrogen) atoms. The molecule has 0 bridgehead atoms. The van der Waals surface area contributed by atoms with E-state index in [-0.39, 0.29) is 5.92 Å². The van der Waals surface area contributed by atoms with Crippen molar-refractivity contribution in [2.45, 2.75) is 79.6 Å². The lowest BCUT2D eigenvalue weighted by Gasteiger charge is -2.28. The molecule has 1 fully saturated rings. The predicted octanol–water partition coefficient (Wildman–Crippen LogP) is 5.23. The molecule has 0 saturated heterocycles. The summed E-state index contributed by atoms with van der Waals surface area (Å²) in [4.78, 5) is 11.9. The molecular formula is C16H32O. The summed E-state index contributed by atoms with van der Waals surface area (Å²) < 4.78 is 0. The summed E-state index contributed by atoms with van der Waals surface area (Å²) in [6, 6.07) is 0. The number of carbonyl (C=O) groups is 1. The fourth-order valence-electron chi connectivity index (χ4n) is 2.46. The second-order valence-corrected chi connectivity index (χ2v) is 5.54. The van der Waals surface area contributed by atoms with Gasteiger partial charge in [0.25, 0.3) is 0 Å². The Bertz CT molecular complexity index is 190. The van der Waals surface area contributed by atoms with Gasteiger partial charge in [0.1, 0.15) is 5.78 Å². The molecule has 0 aliphatic heterocycles. The molecule has 1 aliphatic rings. The molecule has 0 N–H and O–H groups in total. The van der Waals surface area contributed by atoms with Crippen molar-refractivity contribution in [3.8, 4) is 0 Å². The van der Waals surface area contributed by atoms with Gasteiger partial charge >= 0.3 is 0 Å². The quantitative estimate of drug-likeness (QED) is 0.657. The van der Waals surface area contributed by atoms with E-state index in [1.807, 2.05) is 0 Å². The van der Waals surface area contributed by atoms with Crippen LogP contribution in [0.4, 0.5) is 0 Å². The SMILES string of the molecule is CCC.CCC1CCC(C(=O)C(C)CC)CC1. The molecule has 1 nitrogen and oxygen atoms in total. The van der Waals surface area contributed by atoms with Gasteiger partial charge in [0, 0.05) is 11.8 Å². The van der Waals surface area contributed by atoms with E-state index in [1.165, 1.54) is 25.7 Å². The maximum absolute atomic E-state index is 11.9. The Balaban J connectivity index is 0.000000770. The van der Waals surface area contributed by atoms with Crippen molar-refractivity contribution in [1.29, 1.82) is 0 Å². The van der Waals surface area contributed by atoms with Crippen molar-refractivity contribution >= 4 is 5.78 Å². The molecule has 0 heterocycles. The minimum Gasteiger partial charge on any atom is -0.299 e. The molecule has 102 valence electrons. The van der Waals surface area contributed by atoms with E-state index in [4.69, 9.17) is 0 Å². The predicted molar refractivity (Wildman–Crippen MR) is 76.2 cm³/mol. The smallest absolute Gasteiger partial charge is 0.138 e. The molecule has 0 spiro atoms. The molecule has 0 amide bonds. The largest absolute Gasteiger partial charge is 0.299 e. The minimum atomic E-state index is 0.290. The van der Waals surface area contributed by atoms with Crippen LogP contribution in [0.5, 0.6) is 0 Å².